The number of ether oxygens (including phenoxy) is 1. The number of nitrogens with zero attached hydrogens (tertiary/aromatic N) is 3. The lowest BCUT2D eigenvalue weighted by molar-refractivity contribution is -0.137. The third kappa shape index (κ3) is 5.80. The maximum Gasteiger partial charge on any atom is 0.303 e. The van der Waals surface area contributed by atoms with Gasteiger partial charge in [-0.1, -0.05) is 6.07 Å². The van der Waals surface area contributed by atoms with Crippen LogP contribution >= 0.6 is 0 Å². The maximum absolute atomic E-state index is 13.5. The summed E-state index contributed by atoms with van der Waals surface area (Å²) >= 11 is 0. The van der Waals surface area contributed by atoms with E-state index in [1.54, 1.807) is 47.4 Å². The highest BCUT2D eigenvalue weighted by molar-refractivity contribution is 6.04. The molecule has 0 radical (unpaired) electrons. The number of hydrogen-bond acceptors (Lipinski definition) is 6. The Labute approximate surface area is 238 Å². The van der Waals surface area contributed by atoms with E-state index in [9.17, 15) is 19.6 Å². The van der Waals surface area contributed by atoms with Gasteiger partial charge in [-0.15, -0.1) is 0 Å². The van der Waals surface area contributed by atoms with Crippen LogP contribution < -0.4 is 15.4 Å². The molecular formula is C31H33N5O5. The van der Waals surface area contributed by atoms with Crippen molar-refractivity contribution in [3.8, 4) is 11.8 Å². The molecule has 1 spiro atoms. The van der Waals surface area contributed by atoms with E-state index >= 15 is 0 Å². The minimum atomic E-state index is -0.879. The summed E-state index contributed by atoms with van der Waals surface area (Å²) in [5.41, 5.74) is 2.97. The molecule has 2 atom stereocenters. The third-order valence-corrected chi connectivity index (χ3v) is 7.84. The number of anilines is 2. The normalized spacial score (nSPS) is 19.0. The Morgan fingerprint density at radius 3 is 2.71 bits per heavy atom. The van der Waals surface area contributed by atoms with Crippen molar-refractivity contribution in [1.29, 1.82) is 5.26 Å². The molecule has 2 aliphatic rings. The summed E-state index contributed by atoms with van der Waals surface area (Å²) in [5.74, 6) is -0.981. The second-order valence-electron chi connectivity index (χ2n) is 11.7. The number of fused-ring (bicyclic) bond motifs is 2. The molecule has 3 aromatic rings. The number of nitrogens with one attached hydrogen (secondary N) is 2. The van der Waals surface area contributed by atoms with E-state index in [0.29, 0.717) is 60.5 Å². The fraction of sp³-hybridized carbons (Fsp3) is 0.387. The first-order valence-electron chi connectivity index (χ1n) is 13.7. The van der Waals surface area contributed by atoms with Gasteiger partial charge in [0, 0.05) is 40.8 Å². The van der Waals surface area contributed by atoms with Gasteiger partial charge < -0.3 is 20.5 Å². The van der Waals surface area contributed by atoms with Crippen LogP contribution in [0.4, 0.5) is 11.4 Å². The summed E-state index contributed by atoms with van der Waals surface area (Å²) in [6, 6.07) is 12.5. The zero-order valence-electron chi connectivity index (χ0n) is 23.4. The average Bonchev–Trinajstić information content (AvgIpc) is 3.43. The van der Waals surface area contributed by atoms with Gasteiger partial charge >= 0.3 is 5.97 Å². The molecule has 1 fully saturated rings. The number of nitriles is 1. The number of hydrogen-bond donors (Lipinski definition) is 3. The van der Waals surface area contributed by atoms with E-state index in [1.165, 1.54) is 0 Å². The van der Waals surface area contributed by atoms with Crippen LogP contribution in [0.3, 0.4) is 0 Å². The summed E-state index contributed by atoms with van der Waals surface area (Å²) in [4.78, 5) is 37.6. The SMILES string of the molecule is CC(C)(C)n1cc(NC(=O)c2ccc3c(c2)C2(CCO3)CC2C(=O)Nc2cc(C#N)ccc2CCCC(=O)O)cn1. The first-order chi connectivity index (χ1) is 19.5. The minimum absolute atomic E-state index is 0.0186. The van der Waals surface area contributed by atoms with Gasteiger partial charge in [0.05, 0.1) is 35.7 Å². The van der Waals surface area contributed by atoms with Crippen LogP contribution in [0, 0.1) is 17.2 Å². The molecular weight excluding hydrogens is 522 g/mol. The van der Waals surface area contributed by atoms with Crippen molar-refractivity contribution in [1.82, 2.24) is 9.78 Å². The number of amides is 2. The van der Waals surface area contributed by atoms with Crippen molar-refractivity contribution in [2.24, 2.45) is 5.92 Å². The quantitative estimate of drug-likeness (QED) is 0.360. The van der Waals surface area contributed by atoms with Crippen molar-refractivity contribution in [2.45, 2.75) is 63.8 Å². The second-order valence-corrected chi connectivity index (χ2v) is 11.7. The first-order valence-corrected chi connectivity index (χ1v) is 13.7. The first kappa shape index (κ1) is 27.9. The molecule has 1 aliphatic carbocycles. The van der Waals surface area contributed by atoms with Gasteiger partial charge in [0.1, 0.15) is 5.75 Å². The van der Waals surface area contributed by atoms with Crippen LogP contribution in [0.15, 0.2) is 48.8 Å². The van der Waals surface area contributed by atoms with Gasteiger partial charge in [0.25, 0.3) is 5.91 Å². The number of aliphatic carboxylic acids is 1. The van der Waals surface area contributed by atoms with E-state index in [1.807, 2.05) is 26.8 Å². The van der Waals surface area contributed by atoms with Crippen molar-refractivity contribution < 1.29 is 24.2 Å². The van der Waals surface area contributed by atoms with Gasteiger partial charge in [-0.05, 0) is 82.3 Å². The van der Waals surface area contributed by atoms with Gasteiger partial charge in [0.15, 0.2) is 0 Å². The standard InChI is InChI=1S/C31H33N5O5/c1-30(2,3)36-18-22(17-33-36)34-28(39)21-9-10-26-23(14-21)31(11-12-41-26)15-24(31)29(40)35-25-13-19(16-32)7-8-20(25)5-4-6-27(37)38/h7-10,13-14,17-18,24H,4-6,11-12,15H2,1-3H3,(H,34,39)(H,35,40)(H,37,38). The minimum Gasteiger partial charge on any atom is -0.493 e. The van der Waals surface area contributed by atoms with Gasteiger partial charge in [-0.3, -0.25) is 19.1 Å². The molecule has 10 nitrogen and oxygen atoms in total. The molecule has 2 aromatic carbocycles. The van der Waals surface area contributed by atoms with Crippen LogP contribution in [0.2, 0.25) is 0 Å². The van der Waals surface area contributed by atoms with Crippen LogP contribution in [-0.4, -0.2) is 39.3 Å². The summed E-state index contributed by atoms with van der Waals surface area (Å²) in [6.45, 7) is 6.55. The molecule has 2 amide bonds. The van der Waals surface area contributed by atoms with Gasteiger partial charge in [0.2, 0.25) is 5.91 Å². The Bertz CT molecular complexity index is 1560. The highest BCUT2D eigenvalue weighted by Crippen LogP contribution is 2.61. The Hall–Kier alpha value is -4.65. The van der Waals surface area contributed by atoms with Crippen molar-refractivity contribution in [3.63, 3.8) is 0 Å². The Morgan fingerprint density at radius 1 is 1.20 bits per heavy atom. The predicted octanol–water partition coefficient (Wildman–Crippen LogP) is 4.85. The summed E-state index contributed by atoms with van der Waals surface area (Å²) in [7, 11) is 0. The number of rotatable bonds is 8. The number of aromatic nitrogens is 2. The van der Waals surface area contributed by atoms with E-state index in [-0.39, 0.29) is 29.7 Å². The Kier molecular flexibility index (Phi) is 7.30. The lowest BCUT2D eigenvalue weighted by Gasteiger charge is -2.27. The monoisotopic (exact) mass is 555 g/mol. The van der Waals surface area contributed by atoms with E-state index in [2.05, 4.69) is 21.8 Å². The predicted molar refractivity (Wildman–Crippen MR) is 152 cm³/mol. The van der Waals surface area contributed by atoms with Crippen LogP contribution in [0.5, 0.6) is 5.75 Å². The molecule has 0 bridgehead atoms. The lowest BCUT2D eigenvalue weighted by Crippen LogP contribution is -2.27. The fourth-order valence-electron chi connectivity index (χ4n) is 5.47. The Balaban J connectivity index is 1.33. The number of carboxylic acids is 1. The van der Waals surface area contributed by atoms with Crippen molar-refractivity contribution in [3.05, 3.63) is 71.0 Å². The zero-order valence-corrected chi connectivity index (χ0v) is 23.4. The van der Waals surface area contributed by atoms with Gasteiger partial charge in [-0.2, -0.15) is 10.4 Å². The molecule has 0 saturated heterocycles. The molecule has 3 N–H and O–H groups in total. The molecule has 2 heterocycles. The summed E-state index contributed by atoms with van der Waals surface area (Å²) in [5, 5.41) is 28.6. The highest BCUT2D eigenvalue weighted by Gasteiger charge is 2.61. The van der Waals surface area contributed by atoms with Crippen molar-refractivity contribution >= 4 is 29.2 Å². The third-order valence-electron chi connectivity index (χ3n) is 7.84. The Morgan fingerprint density at radius 2 is 2.00 bits per heavy atom. The van der Waals surface area contributed by atoms with Crippen LogP contribution in [0.1, 0.15) is 73.5 Å². The number of carbonyl (C=O) groups is 3. The zero-order chi connectivity index (χ0) is 29.4. The summed E-state index contributed by atoms with van der Waals surface area (Å²) in [6.07, 6.45) is 5.57. The second kappa shape index (κ2) is 10.7. The largest absolute Gasteiger partial charge is 0.493 e. The molecule has 41 heavy (non-hydrogen) atoms. The van der Waals surface area contributed by atoms with E-state index in [0.717, 1.165) is 11.1 Å². The molecule has 10 heteroatoms. The fourth-order valence-corrected chi connectivity index (χ4v) is 5.47. The average molecular weight is 556 g/mol. The van der Waals surface area contributed by atoms with E-state index in [4.69, 9.17) is 9.84 Å². The number of benzene rings is 2. The molecule has 212 valence electrons. The molecule has 1 aliphatic heterocycles. The van der Waals surface area contributed by atoms with Crippen LogP contribution in [-0.2, 0) is 27.0 Å². The number of aryl methyl sites for hydroxylation is 1. The number of carboxylic acid groups (broad SMARTS) is 1. The van der Waals surface area contributed by atoms with Gasteiger partial charge in [-0.25, -0.2) is 0 Å². The highest BCUT2D eigenvalue weighted by atomic mass is 16.5. The smallest absolute Gasteiger partial charge is 0.303 e. The topological polar surface area (TPSA) is 146 Å². The molecule has 1 aromatic heterocycles. The number of carbonyl (C=O) groups excluding carboxylic acids is 2. The molecule has 2 unspecified atom stereocenters. The van der Waals surface area contributed by atoms with Crippen molar-refractivity contribution in [2.75, 3.05) is 17.2 Å². The lowest BCUT2D eigenvalue weighted by atomic mass is 9.86. The molecule has 5 rings (SSSR count). The van der Waals surface area contributed by atoms with Crippen LogP contribution in [0.25, 0.3) is 0 Å². The summed E-state index contributed by atoms with van der Waals surface area (Å²) < 4.78 is 7.68. The van der Waals surface area contributed by atoms with E-state index < -0.39 is 11.4 Å². The maximum atomic E-state index is 13.5. The molecule has 1 saturated carbocycles.